The van der Waals surface area contributed by atoms with Crippen molar-refractivity contribution in [2.75, 3.05) is 19.7 Å². The van der Waals surface area contributed by atoms with Gasteiger partial charge in [-0.05, 0) is 50.3 Å². The lowest BCUT2D eigenvalue weighted by atomic mass is 9.75. The van der Waals surface area contributed by atoms with Crippen LogP contribution in [0.2, 0.25) is 0 Å². The van der Waals surface area contributed by atoms with E-state index in [0.717, 1.165) is 18.5 Å². The molecule has 1 atom stereocenters. The third kappa shape index (κ3) is 4.55. The van der Waals surface area contributed by atoms with Gasteiger partial charge in [0.2, 0.25) is 0 Å². The molecule has 0 N–H and O–H groups in total. The van der Waals surface area contributed by atoms with Crippen LogP contribution >= 0.6 is 0 Å². The van der Waals surface area contributed by atoms with Gasteiger partial charge in [-0.25, -0.2) is 4.39 Å². The number of aryl methyl sites for hydroxylation is 2. The molecule has 0 bridgehead atoms. The number of aromatic nitrogens is 2. The predicted octanol–water partition coefficient (Wildman–Crippen LogP) is 3.54. The molecule has 6 nitrogen and oxygen atoms in total. The van der Waals surface area contributed by atoms with Crippen LogP contribution in [0.15, 0.2) is 30.3 Å². The molecule has 0 aliphatic carbocycles. The highest BCUT2D eigenvalue weighted by atomic mass is 19.1. The maximum Gasteiger partial charge on any atom is 0.314 e. The number of carbonyl (C=O) groups excluding carboxylic acids is 2. The Morgan fingerprint density at radius 3 is 2.73 bits per heavy atom. The van der Waals surface area contributed by atoms with E-state index >= 15 is 0 Å². The molecule has 1 aromatic heterocycles. The standard InChI is InChI=1S/C23H30FN3O3/c1-4-9-18-14-20(26(3)25-18)21(28)27-13-8-12-23(16-27,22(29)30-5-2)15-17-10-6-7-11-19(17)24/h6-7,10-11,14H,4-5,8-9,12-13,15-16H2,1-3H3. The average Bonchev–Trinajstić information content (AvgIpc) is 3.10. The quantitative estimate of drug-likeness (QED) is 0.649. The second kappa shape index (κ2) is 9.41. The van der Waals surface area contributed by atoms with Crippen molar-refractivity contribution >= 4 is 11.9 Å². The lowest BCUT2D eigenvalue weighted by Crippen LogP contribution is -2.52. The van der Waals surface area contributed by atoms with Crippen molar-refractivity contribution in [3.8, 4) is 0 Å². The highest BCUT2D eigenvalue weighted by molar-refractivity contribution is 5.93. The fraction of sp³-hybridized carbons (Fsp3) is 0.522. The van der Waals surface area contributed by atoms with Crippen LogP contribution in [0.25, 0.3) is 0 Å². The summed E-state index contributed by atoms with van der Waals surface area (Å²) in [6, 6.07) is 8.29. The fourth-order valence-corrected chi connectivity index (χ4v) is 4.25. The Morgan fingerprint density at radius 1 is 1.27 bits per heavy atom. The normalized spacial score (nSPS) is 19.0. The molecule has 1 aromatic carbocycles. The number of halogens is 1. The first-order valence-electron chi connectivity index (χ1n) is 10.6. The summed E-state index contributed by atoms with van der Waals surface area (Å²) in [7, 11) is 1.76. The minimum atomic E-state index is -0.961. The molecular formula is C23H30FN3O3. The number of ether oxygens (including phenoxy) is 1. The third-order valence-electron chi connectivity index (χ3n) is 5.71. The van der Waals surface area contributed by atoms with Crippen molar-refractivity contribution < 1.29 is 18.7 Å². The Balaban J connectivity index is 1.89. The van der Waals surface area contributed by atoms with Crippen LogP contribution in [0.3, 0.4) is 0 Å². The second-order valence-corrected chi connectivity index (χ2v) is 7.99. The van der Waals surface area contributed by atoms with Crippen LogP contribution in [-0.2, 0) is 29.4 Å². The van der Waals surface area contributed by atoms with Crippen molar-refractivity contribution in [1.82, 2.24) is 14.7 Å². The zero-order valence-corrected chi connectivity index (χ0v) is 18.0. The Labute approximate surface area is 177 Å². The molecular weight excluding hydrogens is 385 g/mol. The number of rotatable bonds is 7. The van der Waals surface area contributed by atoms with Crippen molar-refractivity contribution in [2.24, 2.45) is 12.5 Å². The molecule has 1 fully saturated rings. The largest absolute Gasteiger partial charge is 0.466 e. The Bertz CT molecular complexity index is 911. The molecule has 2 aromatic rings. The van der Waals surface area contributed by atoms with Crippen LogP contribution in [0, 0.1) is 11.2 Å². The molecule has 7 heteroatoms. The average molecular weight is 416 g/mol. The summed E-state index contributed by atoms with van der Waals surface area (Å²) in [6.45, 7) is 4.81. The summed E-state index contributed by atoms with van der Waals surface area (Å²) in [5.74, 6) is -0.878. The maximum atomic E-state index is 14.4. The van der Waals surface area contributed by atoms with Crippen LogP contribution in [0.4, 0.5) is 4.39 Å². The number of piperidine rings is 1. The molecule has 1 aliphatic heterocycles. The van der Waals surface area contributed by atoms with Gasteiger partial charge in [0.15, 0.2) is 0 Å². The fourth-order valence-electron chi connectivity index (χ4n) is 4.25. The molecule has 2 heterocycles. The zero-order chi connectivity index (χ0) is 21.7. The first-order chi connectivity index (χ1) is 14.4. The summed E-state index contributed by atoms with van der Waals surface area (Å²) in [6.07, 6.45) is 3.16. The number of likely N-dealkylation sites (tertiary alicyclic amines) is 1. The van der Waals surface area contributed by atoms with Gasteiger partial charge in [0, 0.05) is 20.1 Å². The van der Waals surface area contributed by atoms with Crippen LogP contribution in [-0.4, -0.2) is 46.3 Å². The molecule has 1 aliphatic rings. The number of esters is 1. The van der Waals surface area contributed by atoms with E-state index in [9.17, 15) is 14.0 Å². The number of hydrogen-bond donors (Lipinski definition) is 0. The predicted molar refractivity (Wildman–Crippen MR) is 112 cm³/mol. The van der Waals surface area contributed by atoms with Crippen LogP contribution < -0.4 is 0 Å². The molecule has 0 radical (unpaired) electrons. The van der Waals surface area contributed by atoms with E-state index in [0.29, 0.717) is 30.6 Å². The second-order valence-electron chi connectivity index (χ2n) is 7.99. The maximum absolute atomic E-state index is 14.4. The lowest BCUT2D eigenvalue weighted by molar-refractivity contribution is -0.158. The summed E-state index contributed by atoms with van der Waals surface area (Å²) in [5, 5.41) is 4.42. The Morgan fingerprint density at radius 2 is 2.03 bits per heavy atom. The van der Waals surface area contributed by atoms with Gasteiger partial charge in [-0.15, -0.1) is 0 Å². The van der Waals surface area contributed by atoms with E-state index in [1.807, 2.05) is 6.07 Å². The highest BCUT2D eigenvalue weighted by Gasteiger charge is 2.45. The van der Waals surface area contributed by atoms with Gasteiger partial charge in [-0.1, -0.05) is 31.5 Å². The summed E-state index contributed by atoms with van der Waals surface area (Å²) < 4.78 is 21.3. The topological polar surface area (TPSA) is 64.4 Å². The monoisotopic (exact) mass is 415 g/mol. The van der Waals surface area contributed by atoms with E-state index in [4.69, 9.17) is 4.74 Å². The highest BCUT2D eigenvalue weighted by Crippen LogP contribution is 2.36. The van der Waals surface area contributed by atoms with E-state index in [-0.39, 0.29) is 37.3 Å². The summed E-state index contributed by atoms with van der Waals surface area (Å²) in [4.78, 5) is 27.9. The van der Waals surface area contributed by atoms with Gasteiger partial charge in [0.1, 0.15) is 11.5 Å². The Kier molecular flexibility index (Phi) is 6.90. The smallest absolute Gasteiger partial charge is 0.314 e. The zero-order valence-electron chi connectivity index (χ0n) is 18.0. The SMILES string of the molecule is CCCc1cc(C(=O)N2CCCC(Cc3ccccc3F)(C(=O)OCC)C2)n(C)n1. The molecule has 0 saturated carbocycles. The number of hydrogen-bond acceptors (Lipinski definition) is 4. The minimum Gasteiger partial charge on any atom is -0.466 e. The first kappa shape index (κ1) is 22.0. The molecule has 1 unspecified atom stereocenters. The van der Waals surface area contributed by atoms with E-state index in [2.05, 4.69) is 12.0 Å². The molecule has 3 rings (SSSR count). The molecule has 30 heavy (non-hydrogen) atoms. The summed E-state index contributed by atoms with van der Waals surface area (Å²) >= 11 is 0. The lowest BCUT2D eigenvalue weighted by Gasteiger charge is -2.41. The summed E-state index contributed by atoms with van der Waals surface area (Å²) in [5.41, 5.74) is 0.884. The van der Waals surface area contributed by atoms with E-state index in [1.165, 1.54) is 6.07 Å². The van der Waals surface area contributed by atoms with Crippen molar-refractivity contribution in [1.29, 1.82) is 0 Å². The third-order valence-corrected chi connectivity index (χ3v) is 5.71. The van der Waals surface area contributed by atoms with Crippen LogP contribution in [0.5, 0.6) is 0 Å². The van der Waals surface area contributed by atoms with Gasteiger partial charge in [-0.2, -0.15) is 5.10 Å². The minimum absolute atomic E-state index is 0.158. The number of amides is 1. The van der Waals surface area contributed by atoms with Crippen LogP contribution in [0.1, 0.15) is 54.9 Å². The van der Waals surface area contributed by atoms with E-state index < -0.39 is 5.41 Å². The van der Waals surface area contributed by atoms with Gasteiger partial charge < -0.3 is 9.64 Å². The van der Waals surface area contributed by atoms with Gasteiger partial charge in [-0.3, -0.25) is 14.3 Å². The Hall–Kier alpha value is -2.70. The van der Waals surface area contributed by atoms with Gasteiger partial charge >= 0.3 is 5.97 Å². The number of benzene rings is 1. The van der Waals surface area contributed by atoms with Crippen molar-refractivity contribution in [2.45, 2.75) is 46.0 Å². The number of nitrogens with zero attached hydrogens (tertiary/aromatic N) is 3. The van der Waals surface area contributed by atoms with Crippen molar-refractivity contribution in [3.05, 3.63) is 53.1 Å². The molecule has 1 amide bonds. The number of carbonyl (C=O) groups is 2. The molecule has 0 spiro atoms. The van der Waals surface area contributed by atoms with Crippen molar-refractivity contribution in [3.63, 3.8) is 0 Å². The first-order valence-corrected chi connectivity index (χ1v) is 10.6. The van der Waals surface area contributed by atoms with Gasteiger partial charge in [0.25, 0.3) is 5.91 Å². The van der Waals surface area contributed by atoms with E-state index in [1.54, 1.807) is 41.8 Å². The molecule has 1 saturated heterocycles. The van der Waals surface area contributed by atoms with Gasteiger partial charge in [0.05, 0.1) is 17.7 Å². The molecule has 162 valence electrons.